The first kappa shape index (κ1) is 43.4. The summed E-state index contributed by atoms with van der Waals surface area (Å²) in [5.41, 5.74) is 5.34. The molecule has 1 saturated carbocycles. The van der Waals surface area contributed by atoms with Crippen LogP contribution in [0.2, 0.25) is 10.0 Å². The van der Waals surface area contributed by atoms with Crippen molar-refractivity contribution >= 4 is 75.3 Å². The van der Waals surface area contributed by atoms with Crippen LogP contribution in [-0.2, 0) is 24.6 Å². The summed E-state index contributed by atoms with van der Waals surface area (Å²) in [5, 5.41) is 22.3. The smallest absolute Gasteiger partial charge is 0.260 e. The van der Waals surface area contributed by atoms with E-state index in [1.54, 1.807) is 66.7 Å². The maximum absolute atomic E-state index is 15.7. The number of azo groups is 1. The Kier molecular flexibility index (Phi) is 11.3. The fourth-order valence-electron chi connectivity index (χ4n) is 10.2. The van der Waals surface area contributed by atoms with Crippen molar-refractivity contribution in [1.82, 2.24) is 5.01 Å². The van der Waals surface area contributed by atoms with Crippen molar-refractivity contribution in [3.8, 4) is 23.0 Å². The molecule has 14 nitrogen and oxygen atoms in total. The second-order valence-electron chi connectivity index (χ2n) is 16.6. The number of amides is 4. The molecule has 332 valence electrons. The van der Waals surface area contributed by atoms with E-state index >= 15 is 9.59 Å². The molecule has 6 atom stereocenters. The van der Waals surface area contributed by atoms with Gasteiger partial charge in [-0.25, -0.2) is 0 Å². The Hall–Kier alpha value is -6.90. The normalized spacial score (nSPS) is 23.6. The molecule has 2 aliphatic heterocycles. The Balaban J connectivity index is 1.15. The van der Waals surface area contributed by atoms with Gasteiger partial charge in [0.15, 0.2) is 0 Å². The first-order valence-electron chi connectivity index (χ1n) is 20.9. The summed E-state index contributed by atoms with van der Waals surface area (Å²) in [6.07, 6.45) is 2.06. The van der Waals surface area contributed by atoms with Gasteiger partial charge in [-0.1, -0.05) is 47.0 Å². The Bertz CT molecular complexity index is 2800. The number of rotatable bonds is 11. The van der Waals surface area contributed by atoms with E-state index in [0.717, 1.165) is 10.7 Å². The lowest BCUT2D eigenvalue weighted by molar-refractivity contribution is -0.138. The largest absolute Gasteiger partial charge is 0.507 e. The van der Waals surface area contributed by atoms with Gasteiger partial charge in [-0.2, -0.15) is 15.2 Å². The number of carbonyl (C=O) groups is 4. The molecule has 5 aromatic rings. The highest BCUT2D eigenvalue weighted by molar-refractivity contribution is 6.36. The molecule has 2 aliphatic carbocycles. The van der Waals surface area contributed by atoms with Crippen LogP contribution in [0.4, 0.5) is 28.4 Å². The second kappa shape index (κ2) is 16.9. The Morgan fingerprint density at radius 1 is 0.754 bits per heavy atom. The predicted molar refractivity (Wildman–Crippen MR) is 246 cm³/mol. The Morgan fingerprint density at radius 3 is 2.03 bits per heavy atom. The minimum absolute atomic E-state index is 0.00751. The number of phenols is 1. The topological polar surface area (TPSA) is 163 Å². The van der Waals surface area contributed by atoms with E-state index in [4.69, 9.17) is 37.4 Å². The number of benzene rings is 5. The highest BCUT2D eigenvalue weighted by Gasteiger charge is 2.71. The minimum Gasteiger partial charge on any atom is -0.507 e. The van der Waals surface area contributed by atoms with Crippen molar-refractivity contribution in [3.63, 3.8) is 0 Å². The summed E-state index contributed by atoms with van der Waals surface area (Å²) in [7, 11) is 8.32. The number of allylic oxidation sites excluding steroid dienone is 2. The number of methoxy groups -OCH3 is 3. The van der Waals surface area contributed by atoms with Crippen LogP contribution < -0.4 is 29.4 Å². The highest BCUT2D eigenvalue weighted by atomic mass is 35.5. The molecule has 4 amide bonds. The molecule has 16 heteroatoms. The number of hydrazine groups is 1. The molecule has 0 spiro atoms. The molecule has 2 saturated heterocycles. The van der Waals surface area contributed by atoms with Crippen molar-refractivity contribution < 1.29 is 38.5 Å². The lowest BCUT2D eigenvalue weighted by Crippen LogP contribution is -2.53. The number of aromatic hydroxyl groups is 1. The van der Waals surface area contributed by atoms with Gasteiger partial charge in [-0.15, -0.1) is 0 Å². The molecule has 2 heterocycles. The van der Waals surface area contributed by atoms with Gasteiger partial charge in [0.05, 0.1) is 72.3 Å². The molecule has 9 rings (SSSR count). The maximum atomic E-state index is 15.7. The number of nitrogens with zero attached hydrogens (tertiary/aromatic N) is 5. The standard InChI is InChI=1S/C49H44Cl2N6O8/c1-55(2)30-13-9-28(10-14-30)52-53-29-11-15-31(16-12-29)56-45(59)35-20-19-34-36(42(35)47(56)61)25-37-46(60)57(54-39-21-8-27(50)22-38(39)51)48(62)49(37,26-6-17-32(63-3)18-7-26)44(34)43-40(58)23-33(64-4)24-41(43)65-5/h6-19,21-24,35-37,42,44,54,58H,20,25H2,1-5H3. The summed E-state index contributed by atoms with van der Waals surface area (Å²) in [6, 6.07) is 28.8. The number of ether oxygens (including phenoxy) is 3. The summed E-state index contributed by atoms with van der Waals surface area (Å²) in [4.78, 5) is 63.5. The highest BCUT2D eigenvalue weighted by Crippen LogP contribution is 2.66. The van der Waals surface area contributed by atoms with Crippen LogP contribution in [0.25, 0.3) is 0 Å². The van der Waals surface area contributed by atoms with Crippen LogP contribution >= 0.6 is 23.2 Å². The van der Waals surface area contributed by atoms with Gasteiger partial charge in [0.1, 0.15) is 23.0 Å². The van der Waals surface area contributed by atoms with Crippen molar-refractivity contribution in [1.29, 1.82) is 0 Å². The SMILES string of the molecule is COc1ccc(C23C(=O)N(Nc4ccc(Cl)cc4Cl)C(=O)C2CC2C(=CCC4C(=O)N(c5ccc(N=Nc6ccc(N(C)C)cc6)cc5)C(=O)C42)C3c2c(O)cc(OC)cc2OC)cc1. The van der Waals surface area contributed by atoms with Crippen LogP contribution in [-0.4, -0.2) is 69.2 Å². The summed E-state index contributed by atoms with van der Waals surface area (Å²) in [6.45, 7) is 0. The third-order valence-corrected chi connectivity index (χ3v) is 13.7. The third-order valence-electron chi connectivity index (χ3n) is 13.2. The van der Waals surface area contributed by atoms with E-state index in [1.807, 2.05) is 49.3 Å². The molecule has 0 radical (unpaired) electrons. The monoisotopic (exact) mass is 914 g/mol. The van der Waals surface area contributed by atoms with Gasteiger partial charge < -0.3 is 24.2 Å². The van der Waals surface area contributed by atoms with Crippen molar-refractivity contribution in [2.75, 3.05) is 50.7 Å². The van der Waals surface area contributed by atoms with E-state index in [1.165, 1.54) is 38.4 Å². The van der Waals surface area contributed by atoms with Gasteiger partial charge in [0.2, 0.25) is 11.8 Å². The Labute approximate surface area is 385 Å². The number of fused-ring (bicyclic) bond motifs is 4. The number of nitrogens with one attached hydrogen (secondary N) is 1. The van der Waals surface area contributed by atoms with Gasteiger partial charge in [0, 0.05) is 48.4 Å². The van der Waals surface area contributed by atoms with Crippen molar-refractivity contribution in [2.45, 2.75) is 24.2 Å². The predicted octanol–water partition coefficient (Wildman–Crippen LogP) is 9.40. The van der Waals surface area contributed by atoms with Gasteiger partial charge >= 0.3 is 0 Å². The van der Waals surface area contributed by atoms with Crippen molar-refractivity contribution in [3.05, 3.63) is 136 Å². The Morgan fingerprint density at radius 2 is 1.42 bits per heavy atom. The number of hydrogen-bond acceptors (Lipinski definition) is 12. The van der Waals surface area contributed by atoms with E-state index in [9.17, 15) is 14.7 Å². The molecular weight excluding hydrogens is 871 g/mol. The van der Waals surface area contributed by atoms with Crippen molar-refractivity contribution in [2.24, 2.45) is 33.9 Å². The van der Waals surface area contributed by atoms with Crippen LogP contribution in [0.5, 0.6) is 23.0 Å². The first-order chi connectivity index (χ1) is 31.3. The molecule has 6 unspecified atom stereocenters. The zero-order valence-corrected chi connectivity index (χ0v) is 37.5. The zero-order valence-electron chi connectivity index (χ0n) is 36.0. The number of carbonyl (C=O) groups excluding carboxylic acids is 4. The molecule has 3 fully saturated rings. The third kappa shape index (κ3) is 7.11. The molecule has 4 aliphatic rings. The number of phenolic OH excluding ortho intramolecular Hbond substituents is 1. The number of hydrogen-bond donors (Lipinski definition) is 2. The van der Waals surface area contributed by atoms with Crippen LogP contribution in [0.15, 0.2) is 125 Å². The maximum Gasteiger partial charge on any atom is 0.260 e. The lowest BCUT2D eigenvalue weighted by atomic mass is 9.49. The fraction of sp³-hybridized carbons (Fsp3) is 0.265. The van der Waals surface area contributed by atoms with E-state index in [2.05, 4.69) is 15.7 Å². The van der Waals surface area contributed by atoms with Gasteiger partial charge in [-0.05, 0) is 103 Å². The number of imide groups is 2. The minimum atomic E-state index is -1.74. The average molecular weight is 916 g/mol. The molecule has 5 aromatic carbocycles. The second-order valence-corrected chi connectivity index (χ2v) is 17.5. The molecular formula is C49H44Cl2N6O8. The van der Waals surface area contributed by atoms with E-state index in [-0.39, 0.29) is 52.3 Å². The van der Waals surface area contributed by atoms with E-state index in [0.29, 0.717) is 39.0 Å². The van der Waals surface area contributed by atoms with Gasteiger partial charge in [0.25, 0.3) is 11.8 Å². The molecule has 65 heavy (non-hydrogen) atoms. The summed E-state index contributed by atoms with van der Waals surface area (Å²) in [5.74, 6) is -5.97. The summed E-state index contributed by atoms with van der Waals surface area (Å²) < 4.78 is 17.0. The van der Waals surface area contributed by atoms with Crippen LogP contribution in [0.3, 0.4) is 0 Å². The van der Waals surface area contributed by atoms with Gasteiger partial charge in [-0.3, -0.25) is 29.5 Å². The first-order valence-corrected chi connectivity index (χ1v) is 21.6. The number of anilines is 3. The summed E-state index contributed by atoms with van der Waals surface area (Å²) >= 11 is 12.8. The van der Waals surface area contributed by atoms with Crippen LogP contribution in [0.1, 0.15) is 29.9 Å². The number of halogens is 2. The quantitative estimate of drug-likeness (QED) is 0.0742. The van der Waals surface area contributed by atoms with Crippen LogP contribution in [0, 0.1) is 23.7 Å². The molecule has 0 aromatic heterocycles. The fourth-order valence-corrected chi connectivity index (χ4v) is 10.6. The molecule has 2 N–H and O–H groups in total. The average Bonchev–Trinajstić information content (AvgIpc) is 3.69. The zero-order chi connectivity index (χ0) is 45.9. The van der Waals surface area contributed by atoms with E-state index < -0.39 is 52.7 Å². The lowest BCUT2D eigenvalue weighted by Gasteiger charge is -2.50. The molecule has 0 bridgehead atoms.